The molecule has 1 atom stereocenters. The van der Waals surface area contributed by atoms with Crippen molar-refractivity contribution < 1.29 is 14.3 Å². The van der Waals surface area contributed by atoms with Crippen LogP contribution in [0.2, 0.25) is 0 Å². The lowest BCUT2D eigenvalue weighted by atomic mass is 9.90. The Morgan fingerprint density at radius 2 is 2.17 bits per heavy atom. The van der Waals surface area contributed by atoms with Crippen LogP contribution in [-0.2, 0) is 0 Å². The van der Waals surface area contributed by atoms with Crippen molar-refractivity contribution in [3.63, 3.8) is 0 Å². The highest BCUT2D eigenvalue weighted by molar-refractivity contribution is 5.98. The van der Waals surface area contributed by atoms with E-state index in [-0.39, 0.29) is 23.8 Å². The normalized spacial score (nSPS) is 17.9. The molecule has 0 aliphatic carbocycles. The molecule has 126 valence electrons. The molecule has 0 aromatic heterocycles. The summed E-state index contributed by atoms with van der Waals surface area (Å²) < 4.78 is 5.66. The third-order valence-corrected chi connectivity index (χ3v) is 3.90. The Bertz CT molecular complexity index is 557. The molecule has 1 fully saturated rings. The zero-order valence-corrected chi connectivity index (χ0v) is 14.2. The Kier molecular flexibility index (Phi) is 6.02. The maximum atomic E-state index is 12.7. The molecule has 23 heavy (non-hydrogen) atoms. The molecule has 2 rings (SSSR count). The van der Waals surface area contributed by atoms with Crippen molar-refractivity contribution in [2.24, 2.45) is 5.92 Å². The number of carbonyl (C=O) groups excluding carboxylic acids is 2. The van der Waals surface area contributed by atoms with Gasteiger partial charge in [0.2, 0.25) is 0 Å². The van der Waals surface area contributed by atoms with Gasteiger partial charge in [0, 0.05) is 31.1 Å². The van der Waals surface area contributed by atoms with Crippen molar-refractivity contribution in [3.8, 4) is 5.75 Å². The topological polar surface area (TPSA) is 58.6 Å². The fourth-order valence-electron chi connectivity index (χ4n) is 2.87. The number of urea groups is 1. The molecule has 1 saturated heterocycles. The summed E-state index contributed by atoms with van der Waals surface area (Å²) in [6.45, 7) is 7.61. The monoisotopic (exact) mass is 318 g/mol. The van der Waals surface area contributed by atoms with Gasteiger partial charge in [-0.3, -0.25) is 4.79 Å². The Labute approximate surface area is 138 Å². The van der Waals surface area contributed by atoms with E-state index in [1.807, 2.05) is 39.0 Å². The second-order valence-corrected chi connectivity index (χ2v) is 6.18. The third-order valence-electron chi connectivity index (χ3n) is 3.90. The van der Waals surface area contributed by atoms with E-state index in [4.69, 9.17) is 4.74 Å². The summed E-state index contributed by atoms with van der Waals surface area (Å²) in [7, 11) is 0. The molecular weight excluding hydrogens is 292 g/mol. The molecule has 1 heterocycles. The minimum absolute atomic E-state index is 0.0725. The van der Waals surface area contributed by atoms with Crippen LogP contribution in [-0.4, -0.2) is 42.5 Å². The molecule has 5 nitrogen and oxygen atoms in total. The van der Waals surface area contributed by atoms with Gasteiger partial charge in [-0.05, 0) is 45.7 Å². The molecule has 0 saturated carbocycles. The zero-order valence-electron chi connectivity index (χ0n) is 14.2. The molecule has 0 unspecified atom stereocenters. The lowest BCUT2D eigenvalue weighted by Gasteiger charge is -2.32. The number of hydrogen-bond acceptors (Lipinski definition) is 3. The molecule has 0 spiro atoms. The summed E-state index contributed by atoms with van der Waals surface area (Å²) in [6.07, 6.45) is 1.75. The van der Waals surface area contributed by atoms with E-state index in [1.165, 1.54) is 0 Å². The molecular formula is C18H26N2O3. The van der Waals surface area contributed by atoms with Gasteiger partial charge in [-0.1, -0.05) is 12.1 Å². The second kappa shape index (κ2) is 7.99. The molecule has 5 heteroatoms. The molecule has 1 N–H and O–H groups in total. The predicted octanol–water partition coefficient (Wildman–Crippen LogP) is 3.10. The highest BCUT2D eigenvalue weighted by atomic mass is 16.5. The number of benzene rings is 1. The molecule has 1 aliphatic heterocycles. The van der Waals surface area contributed by atoms with Crippen molar-refractivity contribution in [1.29, 1.82) is 0 Å². The lowest BCUT2D eigenvalue weighted by molar-refractivity contribution is 0.0845. The van der Waals surface area contributed by atoms with Gasteiger partial charge in [-0.15, -0.1) is 0 Å². The summed E-state index contributed by atoms with van der Waals surface area (Å²) in [4.78, 5) is 26.5. The lowest BCUT2D eigenvalue weighted by Crippen LogP contribution is -2.47. The molecule has 0 radical (unpaired) electrons. The van der Waals surface area contributed by atoms with Crippen LogP contribution in [0.4, 0.5) is 4.79 Å². The number of carbonyl (C=O) groups is 2. The number of piperidine rings is 1. The van der Waals surface area contributed by atoms with Crippen molar-refractivity contribution in [3.05, 3.63) is 29.8 Å². The van der Waals surface area contributed by atoms with Crippen LogP contribution < -0.4 is 10.1 Å². The van der Waals surface area contributed by atoms with Gasteiger partial charge < -0.3 is 15.0 Å². The highest BCUT2D eigenvalue weighted by Crippen LogP contribution is 2.23. The number of ether oxygens (including phenoxy) is 1. The van der Waals surface area contributed by atoms with Gasteiger partial charge in [0.1, 0.15) is 5.75 Å². The highest BCUT2D eigenvalue weighted by Gasteiger charge is 2.29. The fourth-order valence-corrected chi connectivity index (χ4v) is 2.87. The Morgan fingerprint density at radius 1 is 1.39 bits per heavy atom. The minimum Gasteiger partial charge on any atom is -0.491 e. The maximum absolute atomic E-state index is 12.7. The minimum atomic E-state index is -0.138. The number of hydrogen-bond donors (Lipinski definition) is 1. The first-order chi connectivity index (χ1) is 11.0. The Balaban J connectivity index is 2.06. The fraction of sp³-hybridized carbons (Fsp3) is 0.556. The van der Waals surface area contributed by atoms with Crippen LogP contribution in [0.25, 0.3) is 0 Å². The van der Waals surface area contributed by atoms with Crippen molar-refractivity contribution in [2.75, 3.05) is 19.6 Å². The Morgan fingerprint density at radius 3 is 2.87 bits per heavy atom. The average molecular weight is 318 g/mol. The second-order valence-electron chi connectivity index (χ2n) is 6.18. The van der Waals surface area contributed by atoms with E-state index in [1.54, 1.807) is 11.0 Å². The van der Waals surface area contributed by atoms with E-state index >= 15 is 0 Å². The Hall–Kier alpha value is -2.04. The molecule has 0 bridgehead atoms. The van der Waals surface area contributed by atoms with Gasteiger partial charge in [-0.2, -0.15) is 0 Å². The zero-order chi connectivity index (χ0) is 16.8. The summed E-state index contributed by atoms with van der Waals surface area (Å²) in [6, 6.07) is 7.24. The number of rotatable bonds is 5. The van der Waals surface area contributed by atoms with Gasteiger partial charge in [0.15, 0.2) is 5.78 Å². The summed E-state index contributed by atoms with van der Waals surface area (Å²) >= 11 is 0. The first kappa shape index (κ1) is 17.3. The van der Waals surface area contributed by atoms with Gasteiger partial charge in [0.05, 0.1) is 6.10 Å². The summed E-state index contributed by atoms with van der Waals surface area (Å²) in [5.74, 6) is 0.663. The predicted molar refractivity (Wildman–Crippen MR) is 89.9 cm³/mol. The standard InChI is InChI=1S/C18H26N2O3/c1-4-19-18(22)20-10-6-8-15(12-20)17(21)14-7-5-9-16(11-14)23-13(2)3/h5,7,9,11,13,15H,4,6,8,10,12H2,1-3H3,(H,19,22)/t15-/m1/s1. The van der Waals surface area contributed by atoms with Gasteiger partial charge in [-0.25, -0.2) is 4.79 Å². The third kappa shape index (κ3) is 4.71. The number of ketones is 1. The van der Waals surface area contributed by atoms with Crippen LogP contribution in [0, 0.1) is 5.92 Å². The number of Topliss-reactive ketones (excluding diaryl/α,β-unsaturated/α-hetero) is 1. The van der Waals surface area contributed by atoms with Crippen LogP contribution in [0.15, 0.2) is 24.3 Å². The van der Waals surface area contributed by atoms with E-state index < -0.39 is 0 Å². The SMILES string of the molecule is CCNC(=O)N1CCC[C@@H](C(=O)c2cccc(OC(C)C)c2)C1. The number of amides is 2. The van der Waals surface area contributed by atoms with Crippen LogP contribution >= 0.6 is 0 Å². The largest absolute Gasteiger partial charge is 0.491 e. The maximum Gasteiger partial charge on any atom is 0.317 e. The van der Waals surface area contributed by atoms with Gasteiger partial charge in [0.25, 0.3) is 0 Å². The number of nitrogens with zero attached hydrogens (tertiary/aromatic N) is 1. The first-order valence-electron chi connectivity index (χ1n) is 8.35. The van der Waals surface area contributed by atoms with Crippen molar-refractivity contribution >= 4 is 11.8 Å². The molecule has 1 aromatic carbocycles. The van der Waals surface area contributed by atoms with Crippen LogP contribution in [0.3, 0.4) is 0 Å². The van der Waals surface area contributed by atoms with Crippen molar-refractivity contribution in [2.45, 2.75) is 39.7 Å². The van der Waals surface area contributed by atoms with Gasteiger partial charge >= 0.3 is 6.03 Å². The van der Waals surface area contributed by atoms with Crippen LogP contribution in [0.1, 0.15) is 44.0 Å². The summed E-state index contributed by atoms with van der Waals surface area (Å²) in [5.41, 5.74) is 0.658. The molecule has 2 amide bonds. The van der Waals surface area contributed by atoms with Crippen molar-refractivity contribution in [1.82, 2.24) is 10.2 Å². The summed E-state index contributed by atoms with van der Waals surface area (Å²) in [5, 5.41) is 2.80. The molecule has 1 aliphatic rings. The smallest absolute Gasteiger partial charge is 0.317 e. The van der Waals surface area contributed by atoms with Crippen LogP contribution in [0.5, 0.6) is 5.75 Å². The van der Waals surface area contributed by atoms with E-state index in [0.29, 0.717) is 30.9 Å². The number of likely N-dealkylation sites (tertiary alicyclic amines) is 1. The number of nitrogens with one attached hydrogen (secondary N) is 1. The van der Waals surface area contributed by atoms with E-state index in [9.17, 15) is 9.59 Å². The molecule has 1 aromatic rings. The average Bonchev–Trinajstić information content (AvgIpc) is 2.54. The quantitative estimate of drug-likeness (QED) is 0.849. The first-order valence-corrected chi connectivity index (χ1v) is 8.35. The van der Waals surface area contributed by atoms with E-state index in [0.717, 1.165) is 12.8 Å². The van der Waals surface area contributed by atoms with E-state index in [2.05, 4.69) is 5.32 Å².